The molecule has 116 valence electrons. The van der Waals surface area contributed by atoms with Gasteiger partial charge in [0.1, 0.15) is 11.8 Å². The fourth-order valence-electron chi connectivity index (χ4n) is 2.27. The zero-order chi connectivity index (χ0) is 15.3. The summed E-state index contributed by atoms with van der Waals surface area (Å²) < 4.78 is 19.2. The second-order valence-electron chi connectivity index (χ2n) is 6.25. The van der Waals surface area contributed by atoms with Crippen molar-refractivity contribution in [2.24, 2.45) is 5.92 Å². The average Bonchev–Trinajstić information content (AvgIpc) is 2.46. The molecule has 1 heterocycles. The van der Waals surface area contributed by atoms with Gasteiger partial charge in [-0.1, -0.05) is 0 Å². The Morgan fingerprint density at radius 2 is 1.90 bits per heavy atom. The number of amides is 1. The van der Waals surface area contributed by atoms with Gasteiger partial charge in [0, 0.05) is 19.5 Å². The maximum atomic E-state index is 14.0. The predicted octanol–water partition coefficient (Wildman–Crippen LogP) is 2.84. The molecule has 1 N–H and O–H groups in total. The smallest absolute Gasteiger partial charge is 0.410 e. The van der Waals surface area contributed by atoms with Crippen molar-refractivity contribution in [1.29, 1.82) is 0 Å². The van der Waals surface area contributed by atoms with Crippen molar-refractivity contribution < 1.29 is 23.8 Å². The Kier molecular flexibility index (Phi) is 5.77. The highest BCUT2D eigenvalue weighted by atomic mass is 19.1. The Morgan fingerprint density at radius 1 is 1.30 bits per heavy atom. The van der Waals surface area contributed by atoms with Crippen molar-refractivity contribution >= 4 is 12.1 Å². The van der Waals surface area contributed by atoms with Gasteiger partial charge < -0.3 is 14.7 Å². The summed E-state index contributed by atoms with van der Waals surface area (Å²) in [7, 11) is 0. The predicted molar refractivity (Wildman–Crippen MR) is 72.3 cm³/mol. The molecular formula is C14H24FNO4. The molecule has 1 aliphatic heterocycles. The van der Waals surface area contributed by atoms with Gasteiger partial charge in [-0.25, -0.2) is 9.18 Å². The van der Waals surface area contributed by atoms with E-state index in [-0.39, 0.29) is 18.8 Å². The minimum Gasteiger partial charge on any atom is -0.481 e. The second kappa shape index (κ2) is 6.90. The second-order valence-corrected chi connectivity index (χ2v) is 6.25. The molecule has 0 spiro atoms. The molecule has 1 fully saturated rings. The SMILES string of the molecule is CC(C)(C)OC(=O)N1CC[C@@H](CCC(=O)O)[C@H](F)CC1. The number of aliphatic carboxylic acids is 1. The molecule has 0 aromatic rings. The summed E-state index contributed by atoms with van der Waals surface area (Å²) in [5.41, 5.74) is -0.568. The van der Waals surface area contributed by atoms with Crippen LogP contribution in [0.3, 0.4) is 0 Å². The standard InChI is InChI=1S/C14H24FNO4/c1-14(2,3)20-13(19)16-8-6-10(4-5-12(17)18)11(15)7-9-16/h10-11H,4-9H2,1-3H3,(H,17,18)/t10-,11-/m1/s1. The third-order valence-corrected chi connectivity index (χ3v) is 3.34. The molecule has 6 heteroatoms. The number of carboxylic acids is 1. The van der Waals surface area contributed by atoms with Gasteiger partial charge in [0.25, 0.3) is 0 Å². The molecular weight excluding hydrogens is 265 g/mol. The number of rotatable bonds is 3. The highest BCUT2D eigenvalue weighted by Crippen LogP contribution is 2.26. The highest BCUT2D eigenvalue weighted by molar-refractivity contribution is 5.68. The number of alkyl halides is 1. The minimum atomic E-state index is -1.05. The number of hydrogen-bond acceptors (Lipinski definition) is 3. The fraction of sp³-hybridized carbons (Fsp3) is 0.857. The molecule has 2 atom stereocenters. The van der Waals surface area contributed by atoms with E-state index < -0.39 is 23.8 Å². The Labute approximate surface area is 119 Å². The van der Waals surface area contributed by atoms with Gasteiger partial charge in [-0.15, -0.1) is 0 Å². The van der Waals surface area contributed by atoms with E-state index in [0.29, 0.717) is 25.9 Å². The van der Waals surface area contributed by atoms with Crippen LogP contribution in [0.2, 0.25) is 0 Å². The number of ether oxygens (including phenoxy) is 1. The van der Waals surface area contributed by atoms with Crippen molar-refractivity contribution in [3.8, 4) is 0 Å². The number of hydrogen-bond donors (Lipinski definition) is 1. The number of carboxylic acid groups (broad SMARTS) is 1. The first-order valence-corrected chi connectivity index (χ1v) is 7.03. The van der Waals surface area contributed by atoms with Crippen LogP contribution in [-0.4, -0.2) is 46.9 Å². The van der Waals surface area contributed by atoms with Crippen LogP contribution >= 0.6 is 0 Å². The van der Waals surface area contributed by atoms with Crippen molar-refractivity contribution in [3.05, 3.63) is 0 Å². The third kappa shape index (κ3) is 5.75. The monoisotopic (exact) mass is 289 g/mol. The number of nitrogens with zero attached hydrogens (tertiary/aromatic N) is 1. The van der Waals surface area contributed by atoms with Gasteiger partial charge in [-0.3, -0.25) is 4.79 Å². The van der Waals surface area contributed by atoms with Crippen molar-refractivity contribution in [1.82, 2.24) is 4.90 Å². The van der Waals surface area contributed by atoms with E-state index >= 15 is 0 Å². The lowest BCUT2D eigenvalue weighted by atomic mass is 9.93. The molecule has 1 saturated heterocycles. The molecule has 1 amide bonds. The average molecular weight is 289 g/mol. The summed E-state index contributed by atoms with van der Waals surface area (Å²) in [5, 5.41) is 8.66. The maximum absolute atomic E-state index is 14.0. The van der Waals surface area contributed by atoms with E-state index in [1.54, 1.807) is 20.8 Å². The van der Waals surface area contributed by atoms with Crippen molar-refractivity contribution in [2.75, 3.05) is 13.1 Å². The molecule has 5 nitrogen and oxygen atoms in total. The van der Waals surface area contributed by atoms with Crippen LogP contribution in [0.4, 0.5) is 9.18 Å². The van der Waals surface area contributed by atoms with Crippen LogP contribution in [0.5, 0.6) is 0 Å². The lowest BCUT2D eigenvalue weighted by molar-refractivity contribution is -0.137. The third-order valence-electron chi connectivity index (χ3n) is 3.34. The zero-order valence-electron chi connectivity index (χ0n) is 12.4. The molecule has 1 rings (SSSR count). The first kappa shape index (κ1) is 16.7. The molecule has 0 aromatic carbocycles. The van der Waals surface area contributed by atoms with Crippen molar-refractivity contribution in [2.45, 2.75) is 58.2 Å². The molecule has 0 saturated carbocycles. The molecule has 0 aliphatic carbocycles. The molecule has 20 heavy (non-hydrogen) atoms. The molecule has 0 radical (unpaired) electrons. The van der Waals surface area contributed by atoms with Crippen LogP contribution in [0.1, 0.15) is 46.5 Å². The quantitative estimate of drug-likeness (QED) is 0.867. The van der Waals surface area contributed by atoms with E-state index in [2.05, 4.69) is 0 Å². The van der Waals surface area contributed by atoms with E-state index in [1.807, 2.05) is 0 Å². The largest absolute Gasteiger partial charge is 0.481 e. The van der Waals surface area contributed by atoms with Gasteiger partial charge in [0.05, 0.1) is 0 Å². The zero-order valence-corrected chi connectivity index (χ0v) is 12.4. The van der Waals surface area contributed by atoms with Crippen LogP contribution < -0.4 is 0 Å². The molecule has 0 unspecified atom stereocenters. The summed E-state index contributed by atoms with van der Waals surface area (Å²) in [6.45, 7) is 6.10. The first-order chi connectivity index (χ1) is 9.19. The van der Waals surface area contributed by atoms with Gasteiger partial charge in [0.2, 0.25) is 0 Å². The number of halogens is 1. The van der Waals surface area contributed by atoms with E-state index in [1.165, 1.54) is 4.90 Å². The van der Waals surface area contributed by atoms with Crippen LogP contribution in [0, 0.1) is 5.92 Å². The van der Waals surface area contributed by atoms with Crippen LogP contribution in [-0.2, 0) is 9.53 Å². The molecule has 0 bridgehead atoms. The Hall–Kier alpha value is -1.33. The Balaban J connectivity index is 2.52. The lowest BCUT2D eigenvalue weighted by Gasteiger charge is -2.26. The highest BCUT2D eigenvalue weighted by Gasteiger charge is 2.30. The maximum Gasteiger partial charge on any atom is 0.410 e. The Bertz CT molecular complexity index is 354. The van der Waals surface area contributed by atoms with E-state index in [0.717, 1.165) is 0 Å². The summed E-state index contributed by atoms with van der Waals surface area (Å²) in [4.78, 5) is 24.0. The topological polar surface area (TPSA) is 66.8 Å². The lowest BCUT2D eigenvalue weighted by Crippen LogP contribution is -2.37. The van der Waals surface area contributed by atoms with Crippen LogP contribution in [0.15, 0.2) is 0 Å². The number of carbonyl (C=O) groups is 2. The van der Waals surface area contributed by atoms with E-state index in [4.69, 9.17) is 9.84 Å². The van der Waals surface area contributed by atoms with Gasteiger partial charge >= 0.3 is 12.1 Å². The van der Waals surface area contributed by atoms with Gasteiger partial charge in [-0.2, -0.15) is 0 Å². The summed E-state index contributed by atoms with van der Waals surface area (Å²) in [6.07, 6.45) is -0.474. The van der Waals surface area contributed by atoms with Gasteiger partial charge in [-0.05, 0) is 46.0 Å². The van der Waals surface area contributed by atoms with E-state index in [9.17, 15) is 14.0 Å². The minimum absolute atomic E-state index is 0.0302. The first-order valence-electron chi connectivity index (χ1n) is 7.03. The number of likely N-dealkylation sites (tertiary alicyclic amines) is 1. The van der Waals surface area contributed by atoms with Gasteiger partial charge in [0.15, 0.2) is 0 Å². The Morgan fingerprint density at radius 3 is 2.45 bits per heavy atom. The summed E-state index contributed by atoms with van der Waals surface area (Å²) in [5.74, 6) is -1.20. The number of carbonyl (C=O) groups excluding carboxylic acids is 1. The van der Waals surface area contributed by atoms with Crippen LogP contribution in [0.25, 0.3) is 0 Å². The molecule has 1 aliphatic rings. The van der Waals surface area contributed by atoms with Crippen molar-refractivity contribution in [3.63, 3.8) is 0 Å². The fourth-order valence-corrected chi connectivity index (χ4v) is 2.27. The summed E-state index contributed by atoms with van der Waals surface area (Å²) >= 11 is 0. The molecule has 0 aromatic heterocycles. The normalized spacial score (nSPS) is 24.1. The summed E-state index contributed by atoms with van der Waals surface area (Å²) in [6, 6.07) is 0.